The lowest BCUT2D eigenvalue weighted by atomic mass is 9.96. The van der Waals surface area contributed by atoms with Crippen LogP contribution in [-0.2, 0) is 12.8 Å². The van der Waals surface area contributed by atoms with Crippen molar-refractivity contribution in [2.45, 2.75) is 45.4 Å². The zero-order valence-corrected chi connectivity index (χ0v) is 13.6. The molecule has 0 radical (unpaired) electrons. The number of hydrogen-bond donors (Lipinski definition) is 0. The Morgan fingerprint density at radius 1 is 0.864 bits per heavy atom. The van der Waals surface area contributed by atoms with E-state index in [1.54, 1.807) is 11.1 Å². The Kier molecular flexibility index (Phi) is 5.11. The first-order chi connectivity index (χ1) is 10.9. The first-order valence-electron chi connectivity index (χ1n) is 8.65. The molecule has 3 rings (SSSR count). The third-order valence-corrected chi connectivity index (χ3v) is 4.68. The number of allylic oxidation sites excluding steroid dienone is 2. The highest BCUT2D eigenvalue weighted by atomic mass is 14.4. The Labute approximate surface area is 134 Å². The van der Waals surface area contributed by atoms with Crippen LogP contribution in [0, 0.1) is 5.92 Å². The Morgan fingerprint density at radius 3 is 1.91 bits per heavy atom. The minimum atomic E-state index is 0.877. The van der Waals surface area contributed by atoms with Crippen molar-refractivity contribution in [1.29, 1.82) is 0 Å². The standard InChI is InChI=1S/C22H26/c1-2-3-14-20-17-22(20)21(15-18-10-6-4-7-11-18)16-19-12-8-5-9-13-19/h4-13,20H,2-3,14-17H2,1H3. The smallest absolute Gasteiger partial charge is 0.00610 e. The van der Waals surface area contributed by atoms with Crippen molar-refractivity contribution in [3.8, 4) is 0 Å². The summed E-state index contributed by atoms with van der Waals surface area (Å²) in [5, 5.41) is 0. The summed E-state index contributed by atoms with van der Waals surface area (Å²) < 4.78 is 0. The molecule has 0 N–H and O–H groups in total. The van der Waals surface area contributed by atoms with E-state index in [1.165, 1.54) is 36.8 Å². The minimum absolute atomic E-state index is 0.877. The predicted octanol–water partition coefficient (Wildman–Crippen LogP) is 5.98. The molecule has 0 amide bonds. The van der Waals surface area contributed by atoms with Crippen LogP contribution in [0.1, 0.15) is 43.7 Å². The molecule has 0 spiro atoms. The van der Waals surface area contributed by atoms with Crippen LogP contribution in [0.5, 0.6) is 0 Å². The summed E-state index contributed by atoms with van der Waals surface area (Å²) in [4.78, 5) is 0. The van der Waals surface area contributed by atoms with Crippen molar-refractivity contribution in [1.82, 2.24) is 0 Å². The van der Waals surface area contributed by atoms with E-state index in [0.29, 0.717) is 0 Å². The summed E-state index contributed by atoms with van der Waals surface area (Å²) in [5.41, 5.74) is 6.31. The van der Waals surface area contributed by atoms with Gasteiger partial charge in [0.1, 0.15) is 0 Å². The maximum atomic E-state index is 2.29. The fourth-order valence-corrected chi connectivity index (χ4v) is 3.34. The largest absolute Gasteiger partial charge is 0.0663 e. The molecule has 1 fully saturated rings. The molecule has 0 heteroatoms. The lowest BCUT2D eigenvalue weighted by Crippen LogP contribution is -1.97. The molecule has 0 bridgehead atoms. The summed E-state index contributed by atoms with van der Waals surface area (Å²) in [6.07, 6.45) is 7.66. The monoisotopic (exact) mass is 290 g/mol. The fourth-order valence-electron chi connectivity index (χ4n) is 3.34. The maximum Gasteiger partial charge on any atom is -0.00610 e. The predicted molar refractivity (Wildman–Crippen MR) is 95.0 cm³/mol. The molecular weight excluding hydrogens is 264 g/mol. The van der Waals surface area contributed by atoms with Crippen molar-refractivity contribution in [3.05, 3.63) is 82.9 Å². The van der Waals surface area contributed by atoms with E-state index >= 15 is 0 Å². The highest BCUT2D eigenvalue weighted by Crippen LogP contribution is 2.45. The molecular formula is C22H26. The third kappa shape index (κ3) is 4.10. The molecule has 0 heterocycles. The van der Waals surface area contributed by atoms with Crippen LogP contribution >= 0.6 is 0 Å². The van der Waals surface area contributed by atoms with Crippen LogP contribution in [0.15, 0.2) is 71.8 Å². The normalized spacial score (nSPS) is 16.6. The average molecular weight is 290 g/mol. The molecule has 1 saturated carbocycles. The van der Waals surface area contributed by atoms with E-state index < -0.39 is 0 Å². The van der Waals surface area contributed by atoms with E-state index in [4.69, 9.17) is 0 Å². The Bertz CT molecular complexity index is 564. The van der Waals surface area contributed by atoms with Crippen LogP contribution in [-0.4, -0.2) is 0 Å². The van der Waals surface area contributed by atoms with E-state index in [1.807, 2.05) is 0 Å². The molecule has 0 saturated heterocycles. The van der Waals surface area contributed by atoms with Gasteiger partial charge >= 0.3 is 0 Å². The van der Waals surface area contributed by atoms with Gasteiger partial charge in [0.15, 0.2) is 0 Å². The van der Waals surface area contributed by atoms with Gasteiger partial charge in [-0.15, -0.1) is 0 Å². The second-order valence-electron chi connectivity index (χ2n) is 6.50. The third-order valence-electron chi connectivity index (χ3n) is 4.68. The lowest BCUT2D eigenvalue weighted by molar-refractivity contribution is 0.667. The zero-order chi connectivity index (χ0) is 15.2. The molecule has 0 aliphatic heterocycles. The SMILES string of the molecule is CCCCC1CC1=C(Cc1ccccc1)Cc1ccccc1. The Balaban J connectivity index is 1.76. The molecule has 0 nitrogen and oxygen atoms in total. The van der Waals surface area contributed by atoms with Gasteiger partial charge in [0.2, 0.25) is 0 Å². The van der Waals surface area contributed by atoms with Crippen LogP contribution in [0.25, 0.3) is 0 Å². The van der Waals surface area contributed by atoms with Gasteiger partial charge < -0.3 is 0 Å². The Hall–Kier alpha value is -1.82. The fraction of sp³-hybridized carbons (Fsp3) is 0.364. The van der Waals surface area contributed by atoms with Gasteiger partial charge in [-0.1, -0.05) is 91.6 Å². The number of rotatable bonds is 7. The minimum Gasteiger partial charge on any atom is -0.0663 e. The molecule has 1 atom stereocenters. The average Bonchev–Trinajstić information content (AvgIpc) is 3.34. The number of hydrogen-bond acceptors (Lipinski definition) is 0. The lowest BCUT2D eigenvalue weighted by Gasteiger charge is -2.09. The molecule has 1 aliphatic rings. The van der Waals surface area contributed by atoms with Crippen molar-refractivity contribution in [2.75, 3.05) is 0 Å². The van der Waals surface area contributed by atoms with Crippen molar-refractivity contribution >= 4 is 0 Å². The summed E-state index contributed by atoms with van der Waals surface area (Å²) in [5.74, 6) is 0.877. The summed E-state index contributed by atoms with van der Waals surface area (Å²) in [6.45, 7) is 2.29. The molecule has 22 heavy (non-hydrogen) atoms. The number of unbranched alkanes of at least 4 members (excludes halogenated alkanes) is 1. The summed E-state index contributed by atoms with van der Waals surface area (Å²) in [7, 11) is 0. The first kappa shape index (κ1) is 15.1. The second kappa shape index (κ2) is 7.45. The van der Waals surface area contributed by atoms with Gasteiger partial charge in [-0.25, -0.2) is 0 Å². The zero-order valence-electron chi connectivity index (χ0n) is 13.6. The van der Waals surface area contributed by atoms with E-state index in [0.717, 1.165) is 18.8 Å². The number of benzene rings is 2. The van der Waals surface area contributed by atoms with Crippen LogP contribution in [0.2, 0.25) is 0 Å². The van der Waals surface area contributed by atoms with Gasteiger partial charge in [0, 0.05) is 0 Å². The maximum absolute atomic E-state index is 2.29. The van der Waals surface area contributed by atoms with Gasteiger partial charge in [0.05, 0.1) is 0 Å². The van der Waals surface area contributed by atoms with Crippen molar-refractivity contribution in [3.63, 3.8) is 0 Å². The van der Waals surface area contributed by atoms with Crippen molar-refractivity contribution < 1.29 is 0 Å². The van der Waals surface area contributed by atoms with Crippen LogP contribution < -0.4 is 0 Å². The highest BCUT2D eigenvalue weighted by molar-refractivity contribution is 5.37. The summed E-state index contributed by atoms with van der Waals surface area (Å²) in [6, 6.07) is 21.9. The molecule has 2 aromatic carbocycles. The van der Waals surface area contributed by atoms with Gasteiger partial charge in [-0.05, 0) is 42.7 Å². The van der Waals surface area contributed by atoms with E-state index in [9.17, 15) is 0 Å². The van der Waals surface area contributed by atoms with E-state index in [2.05, 4.69) is 67.6 Å². The highest BCUT2D eigenvalue weighted by Gasteiger charge is 2.31. The van der Waals surface area contributed by atoms with Gasteiger partial charge in [-0.3, -0.25) is 0 Å². The van der Waals surface area contributed by atoms with Crippen molar-refractivity contribution in [2.24, 2.45) is 5.92 Å². The first-order valence-corrected chi connectivity index (χ1v) is 8.65. The van der Waals surface area contributed by atoms with Gasteiger partial charge in [-0.2, -0.15) is 0 Å². The van der Waals surface area contributed by atoms with Gasteiger partial charge in [0.25, 0.3) is 0 Å². The van der Waals surface area contributed by atoms with Crippen LogP contribution in [0.3, 0.4) is 0 Å². The Morgan fingerprint density at radius 2 is 1.41 bits per heavy atom. The topological polar surface area (TPSA) is 0 Å². The van der Waals surface area contributed by atoms with E-state index in [-0.39, 0.29) is 0 Å². The molecule has 1 unspecified atom stereocenters. The quantitative estimate of drug-likeness (QED) is 0.550. The summed E-state index contributed by atoms with van der Waals surface area (Å²) >= 11 is 0. The van der Waals surface area contributed by atoms with Crippen LogP contribution in [0.4, 0.5) is 0 Å². The molecule has 114 valence electrons. The molecule has 1 aliphatic carbocycles. The molecule has 0 aromatic heterocycles. The second-order valence-corrected chi connectivity index (χ2v) is 6.50. The molecule has 2 aromatic rings.